The van der Waals surface area contributed by atoms with Crippen LogP contribution in [0.2, 0.25) is 0 Å². The van der Waals surface area contributed by atoms with E-state index in [0.717, 1.165) is 11.3 Å². The summed E-state index contributed by atoms with van der Waals surface area (Å²) in [5.41, 5.74) is 2.13. The number of hydrazone groups is 1. The molecule has 2 heterocycles. The van der Waals surface area contributed by atoms with Gasteiger partial charge in [0, 0.05) is 12.0 Å². The topological polar surface area (TPSA) is 118 Å². The van der Waals surface area contributed by atoms with E-state index in [0.29, 0.717) is 18.5 Å². The molecular formula is C21H20N4O5S. The molecule has 0 aromatic heterocycles. The smallest absolute Gasteiger partial charge is 0.331 e. The Hall–Kier alpha value is -3.53. The predicted molar refractivity (Wildman–Crippen MR) is 113 cm³/mol. The number of amidine groups is 1. The van der Waals surface area contributed by atoms with E-state index in [9.17, 15) is 18.0 Å². The van der Waals surface area contributed by atoms with Crippen molar-refractivity contribution in [1.82, 2.24) is 9.73 Å². The number of ether oxygens (including phenoxy) is 1. The number of benzene rings is 2. The second-order valence-electron chi connectivity index (χ2n) is 7.04. The van der Waals surface area contributed by atoms with Crippen LogP contribution in [0.5, 0.6) is 0 Å². The Morgan fingerprint density at radius 3 is 2.65 bits per heavy atom. The second-order valence-corrected chi connectivity index (χ2v) is 8.69. The molecule has 0 radical (unpaired) electrons. The lowest BCUT2D eigenvalue weighted by molar-refractivity contribution is -0.152. The van der Waals surface area contributed by atoms with Crippen LogP contribution in [0, 0.1) is 0 Å². The molecule has 2 aliphatic heterocycles. The minimum Gasteiger partial charge on any atom is -0.454 e. The van der Waals surface area contributed by atoms with Gasteiger partial charge >= 0.3 is 5.97 Å². The molecule has 0 unspecified atom stereocenters. The number of amides is 1. The minimum atomic E-state index is -3.70. The maximum absolute atomic E-state index is 12.4. The van der Waals surface area contributed by atoms with Gasteiger partial charge in [0.25, 0.3) is 15.9 Å². The third-order valence-electron chi connectivity index (χ3n) is 4.86. The van der Waals surface area contributed by atoms with Crippen LogP contribution >= 0.6 is 0 Å². The monoisotopic (exact) mass is 440 g/mol. The maximum atomic E-state index is 12.4. The first-order valence-corrected chi connectivity index (χ1v) is 11.1. The van der Waals surface area contributed by atoms with Crippen LogP contribution < -0.4 is 4.72 Å². The SMILES string of the molecule is C[C@@H](N=C1NS(=O)(=O)c2ccccc21)C(=O)OCC(=O)N1CCC(c2ccccc2)=N1. The molecular weight excluding hydrogens is 420 g/mol. The number of carbonyl (C=O) groups is 2. The van der Waals surface area contributed by atoms with Crippen molar-refractivity contribution in [2.75, 3.05) is 13.2 Å². The molecule has 2 aliphatic rings. The van der Waals surface area contributed by atoms with E-state index in [1.54, 1.807) is 18.2 Å². The van der Waals surface area contributed by atoms with E-state index in [-0.39, 0.29) is 10.7 Å². The first-order chi connectivity index (χ1) is 14.8. The normalized spacial score (nSPS) is 18.8. The zero-order valence-electron chi connectivity index (χ0n) is 16.7. The Bertz CT molecular complexity index is 1190. The van der Waals surface area contributed by atoms with Crippen molar-refractivity contribution in [3.8, 4) is 0 Å². The first kappa shape index (κ1) is 20.7. The van der Waals surface area contributed by atoms with Crippen LogP contribution in [-0.2, 0) is 24.3 Å². The van der Waals surface area contributed by atoms with Gasteiger partial charge in [0.15, 0.2) is 6.61 Å². The summed E-state index contributed by atoms with van der Waals surface area (Å²) in [5.74, 6) is -1.11. The lowest BCUT2D eigenvalue weighted by Crippen LogP contribution is -2.31. The third kappa shape index (κ3) is 4.33. The van der Waals surface area contributed by atoms with Crippen LogP contribution in [0.1, 0.15) is 24.5 Å². The largest absolute Gasteiger partial charge is 0.454 e. The summed E-state index contributed by atoms with van der Waals surface area (Å²) < 4.78 is 31.7. The number of nitrogens with zero attached hydrogens (tertiary/aromatic N) is 3. The highest BCUT2D eigenvalue weighted by Crippen LogP contribution is 2.22. The first-order valence-electron chi connectivity index (χ1n) is 9.65. The third-order valence-corrected chi connectivity index (χ3v) is 6.26. The number of esters is 1. The zero-order valence-corrected chi connectivity index (χ0v) is 17.5. The Kier molecular flexibility index (Phi) is 5.55. The Balaban J connectivity index is 1.37. The van der Waals surface area contributed by atoms with Gasteiger partial charge < -0.3 is 4.74 Å². The van der Waals surface area contributed by atoms with Crippen molar-refractivity contribution in [2.45, 2.75) is 24.3 Å². The number of sulfonamides is 1. The van der Waals surface area contributed by atoms with E-state index >= 15 is 0 Å². The average molecular weight is 440 g/mol. The van der Waals surface area contributed by atoms with Crippen LogP contribution in [0.4, 0.5) is 0 Å². The molecule has 160 valence electrons. The van der Waals surface area contributed by atoms with Gasteiger partial charge in [-0.15, -0.1) is 0 Å². The van der Waals surface area contributed by atoms with E-state index < -0.39 is 34.5 Å². The molecule has 31 heavy (non-hydrogen) atoms. The highest BCUT2D eigenvalue weighted by molar-refractivity contribution is 7.90. The van der Waals surface area contributed by atoms with Gasteiger partial charge in [-0.1, -0.05) is 42.5 Å². The van der Waals surface area contributed by atoms with Crippen molar-refractivity contribution in [3.63, 3.8) is 0 Å². The fourth-order valence-corrected chi connectivity index (χ4v) is 4.51. The molecule has 0 aliphatic carbocycles. The highest BCUT2D eigenvalue weighted by Gasteiger charge is 2.31. The van der Waals surface area contributed by atoms with Gasteiger partial charge in [0.1, 0.15) is 11.9 Å². The number of hydrogen-bond donors (Lipinski definition) is 1. The summed E-state index contributed by atoms with van der Waals surface area (Å²) >= 11 is 0. The van der Waals surface area contributed by atoms with Gasteiger partial charge in [-0.05, 0) is 24.6 Å². The Morgan fingerprint density at radius 2 is 1.87 bits per heavy atom. The number of nitrogens with one attached hydrogen (secondary N) is 1. The molecule has 4 rings (SSSR count). The van der Waals surface area contributed by atoms with Crippen LogP contribution in [-0.4, -0.2) is 56.0 Å². The van der Waals surface area contributed by atoms with Crippen LogP contribution in [0.25, 0.3) is 0 Å². The summed E-state index contributed by atoms with van der Waals surface area (Å²) in [5, 5.41) is 5.60. The van der Waals surface area contributed by atoms with Crippen molar-refractivity contribution in [2.24, 2.45) is 10.1 Å². The van der Waals surface area contributed by atoms with E-state index in [2.05, 4.69) is 14.8 Å². The molecule has 0 spiro atoms. The van der Waals surface area contributed by atoms with Crippen molar-refractivity contribution in [1.29, 1.82) is 0 Å². The van der Waals surface area contributed by atoms with Gasteiger partial charge in [0.2, 0.25) is 0 Å². The molecule has 1 atom stereocenters. The number of carbonyl (C=O) groups excluding carboxylic acids is 2. The second kappa shape index (κ2) is 8.31. The van der Waals surface area contributed by atoms with E-state index in [4.69, 9.17) is 4.74 Å². The number of fused-ring (bicyclic) bond motifs is 1. The fraction of sp³-hybridized carbons (Fsp3) is 0.238. The van der Waals surface area contributed by atoms with Gasteiger partial charge in [0.05, 0.1) is 17.2 Å². The summed E-state index contributed by atoms with van der Waals surface area (Å²) in [6, 6.07) is 14.9. The van der Waals surface area contributed by atoms with Gasteiger partial charge in [-0.3, -0.25) is 14.5 Å². The van der Waals surface area contributed by atoms with Crippen molar-refractivity contribution >= 4 is 33.4 Å². The molecule has 2 aromatic carbocycles. The number of aliphatic imine (C=N–C) groups is 1. The van der Waals surface area contributed by atoms with Gasteiger partial charge in [-0.2, -0.15) is 5.10 Å². The molecule has 2 aromatic rings. The fourth-order valence-electron chi connectivity index (χ4n) is 3.27. The zero-order chi connectivity index (χ0) is 22.0. The predicted octanol–water partition coefficient (Wildman–Crippen LogP) is 1.29. The molecule has 0 bridgehead atoms. The van der Waals surface area contributed by atoms with Gasteiger partial charge in [-0.25, -0.2) is 18.2 Å². The molecule has 0 saturated carbocycles. The summed E-state index contributed by atoms with van der Waals surface area (Å²) in [6.45, 7) is 1.41. The van der Waals surface area contributed by atoms with Crippen molar-refractivity contribution in [3.05, 3.63) is 65.7 Å². The average Bonchev–Trinajstić information content (AvgIpc) is 3.36. The van der Waals surface area contributed by atoms with E-state index in [1.165, 1.54) is 18.0 Å². The number of rotatable bonds is 5. The number of hydrogen-bond acceptors (Lipinski definition) is 7. The molecule has 10 heteroatoms. The van der Waals surface area contributed by atoms with E-state index in [1.807, 2.05) is 30.3 Å². The summed E-state index contributed by atoms with van der Waals surface area (Å²) in [7, 11) is -3.70. The summed E-state index contributed by atoms with van der Waals surface area (Å²) in [4.78, 5) is 28.9. The maximum Gasteiger partial charge on any atom is 0.331 e. The summed E-state index contributed by atoms with van der Waals surface area (Å²) in [6.07, 6.45) is 0.618. The molecule has 0 fully saturated rings. The molecule has 1 amide bonds. The van der Waals surface area contributed by atoms with Crippen LogP contribution in [0.3, 0.4) is 0 Å². The molecule has 1 N–H and O–H groups in total. The quantitative estimate of drug-likeness (QED) is 0.703. The standard InChI is InChI=1S/C21H20N4O5S/c1-14(22-20-16-9-5-6-10-18(16)31(28,29)24-20)21(27)30-13-19(26)25-12-11-17(23-25)15-7-3-2-4-8-15/h2-10,14H,11-13H2,1H3,(H,22,24)/t14-/m1/s1. The minimum absolute atomic E-state index is 0.0722. The molecule has 9 nitrogen and oxygen atoms in total. The van der Waals surface area contributed by atoms with Crippen molar-refractivity contribution < 1.29 is 22.7 Å². The van der Waals surface area contributed by atoms with Crippen LogP contribution in [0.15, 0.2) is 69.6 Å². The molecule has 0 saturated heterocycles. The highest BCUT2D eigenvalue weighted by atomic mass is 32.2. The Labute approximate surface area is 179 Å². The Morgan fingerprint density at radius 1 is 1.16 bits per heavy atom. The lowest BCUT2D eigenvalue weighted by Gasteiger charge is -2.13. The lowest BCUT2D eigenvalue weighted by atomic mass is 10.1.